The molecule has 0 aromatic carbocycles. The molecule has 0 aliphatic rings. The van der Waals surface area contributed by atoms with Crippen molar-refractivity contribution in [1.82, 2.24) is 4.57 Å². The first-order valence-electron chi connectivity index (χ1n) is 7.46. The van der Waals surface area contributed by atoms with Gasteiger partial charge in [0.15, 0.2) is 0 Å². The van der Waals surface area contributed by atoms with Gasteiger partial charge in [0.1, 0.15) is 5.69 Å². The molecule has 0 radical (unpaired) electrons. The van der Waals surface area contributed by atoms with Crippen LogP contribution in [0.5, 0.6) is 0 Å². The van der Waals surface area contributed by atoms with E-state index >= 15 is 0 Å². The first-order chi connectivity index (χ1) is 9.13. The molecule has 0 N–H and O–H groups in total. The molecular formula is C16H27NO2. The molecule has 1 atom stereocenters. The van der Waals surface area contributed by atoms with Crippen LogP contribution in [0, 0.1) is 12.8 Å². The molecule has 1 aromatic heterocycles. The van der Waals surface area contributed by atoms with Crippen molar-refractivity contribution < 1.29 is 9.53 Å². The van der Waals surface area contributed by atoms with Gasteiger partial charge < -0.3 is 9.30 Å². The number of carbonyl (C=O) groups is 1. The molecule has 0 fully saturated rings. The summed E-state index contributed by atoms with van der Waals surface area (Å²) in [6.45, 7) is 9.60. The summed E-state index contributed by atoms with van der Waals surface area (Å²) < 4.78 is 7.21. The molecule has 3 nitrogen and oxygen atoms in total. The van der Waals surface area contributed by atoms with Crippen molar-refractivity contribution in [1.29, 1.82) is 0 Å². The van der Waals surface area contributed by atoms with Crippen LogP contribution in [-0.2, 0) is 11.3 Å². The number of carbonyl (C=O) groups excluding carboxylic acids is 1. The van der Waals surface area contributed by atoms with E-state index in [1.165, 1.54) is 19.3 Å². The van der Waals surface area contributed by atoms with Crippen LogP contribution in [0.2, 0.25) is 0 Å². The van der Waals surface area contributed by atoms with Crippen LogP contribution in [0.3, 0.4) is 0 Å². The van der Waals surface area contributed by atoms with Crippen LogP contribution in [-0.4, -0.2) is 17.1 Å². The Balaban J connectivity index is 2.79. The van der Waals surface area contributed by atoms with Crippen LogP contribution in [0.15, 0.2) is 12.3 Å². The number of ether oxygens (including phenoxy) is 1. The van der Waals surface area contributed by atoms with Gasteiger partial charge in [-0.15, -0.1) is 0 Å². The Labute approximate surface area is 117 Å². The highest BCUT2D eigenvalue weighted by Crippen LogP contribution is 2.19. The van der Waals surface area contributed by atoms with E-state index in [-0.39, 0.29) is 5.97 Å². The number of unbranched alkanes of at least 4 members (excludes halogenated alkanes) is 1. The number of hydrogen-bond acceptors (Lipinski definition) is 2. The number of aromatic nitrogens is 1. The van der Waals surface area contributed by atoms with Gasteiger partial charge in [-0.05, 0) is 37.8 Å². The van der Waals surface area contributed by atoms with Gasteiger partial charge in [-0.2, -0.15) is 0 Å². The SMILES string of the molecule is CCCCC(CC)Cn1ccc(C)c1C(=O)OCC. The van der Waals surface area contributed by atoms with Gasteiger partial charge in [-0.1, -0.05) is 33.1 Å². The van der Waals surface area contributed by atoms with E-state index < -0.39 is 0 Å². The molecule has 0 spiro atoms. The first-order valence-corrected chi connectivity index (χ1v) is 7.46. The van der Waals surface area contributed by atoms with Gasteiger partial charge in [0.2, 0.25) is 0 Å². The smallest absolute Gasteiger partial charge is 0.355 e. The number of rotatable bonds is 8. The zero-order chi connectivity index (χ0) is 14.3. The van der Waals surface area contributed by atoms with Gasteiger partial charge >= 0.3 is 5.97 Å². The summed E-state index contributed by atoms with van der Waals surface area (Å²) in [6, 6.07) is 2.00. The lowest BCUT2D eigenvalue weighted by molar-refractivity contribution is 0.0511. The fourth-order valence-corrected chi connectivity index (χ4v) is 2.41. The van der Waals surface area contributed by atoms with Crippen molar-refractivity contribution in [2.75, 3.05) is 6.61 Å². The molecule has 3 heteroatoms. The van der Waals surface area contributed by atoms with Crippen molar-refractivity contribution in [3.63, 3.8) is 0 Å². The number of esters is 1. The Morgan fingerprint density at radius 2 is 2.11 bits per heavy atom. The molecule has 0 saturated heterocycles. The van der Waals surface area contributed by atoms with E-state index in [9.17, 15) is 4.79 Å². The third-order valence-electron chi connectivity index (χ3n) is 3.63. The van der Waals surface area contributed by atoms with Gasteiger partial charge in [0.05, 0.1) is 6.61 Å². The molecule has 0 bridgehead atoms. The summed E-state index contributed by atoms with van der Waals surface area (Å²) in [7, 11) is 0. The predicted octanol–water partition coefficient (Wildman–Crippen LogP) is 4.19. The molecule has 0 amide bonds. The lowest BCUT2D eigenvalue weighted by Crippen LogP contribution is -2.17. The Kier molecular flexibility index (Phi) is 6.68. The summed E-state index contributed by atoms with van der Waals surface area (Å²) in [5.74, 6) is 0.440. The van der Waals surface area contributed by atoms with Gasteiger partial charge in [-0.25, -0.2) is 4.79 Å². The zero-order valence-corrected chi connectivity index (χ0v) is 12.7. The average molecular weight is 265 g/mol. The third-order valence-corrected chi connectivity index (χ3v) is 3.63. The second kappa shape index (κ2) is 8.03. The first kappa shape index (κ1) is 15.8. The molecule has 1 rings (SSSR count). The van der Waals surface area contributed by atoms with Gasteiger partial charge in [0.25, 0.3) is 0 Å². The zero-order valence-electron chi connectivity index (χ0n) is 12.7. The summed E-state index contributed by atoms with van der Waals surface area (Å²) in [4.78, 5) is 12.0. The molecule has 0 aliphatic carbocycles. The van der Waals surface area contributed by atoms with Crippen LogP contribution in [0.1, 0.15) is 62.5 Å². The number of nitrogens with zero attached hydrogens (tertiary/aromatic N) is 1. The Morgan fingerprint density at radius 3 is 2.68 bits per heavy atom. The minimum atomic E-state index is -0.199. The molecule has 0 aliphatic heterocycles. The molecule has 0 saturated carbocycles. The highest BCUT2D eigenvalue weighted by Gasteiger charge is 2.17. The van der Waals surface area contributed by atoms with E-state index in [0.717, 1.165) is 24.2 Å². The maximum Gasteiger partial charge on any atom is 0.355 e. The molecule has 19 heavy (non-hydrogen) atoms. The van der Waals surface area contributed by atoms with Crippen LogP contribution in [0.4, 0.5) is 0 Å². The van der Waals surface area contributed by atoms with Crippen molar-refractivity contribution in [2.45, 2.75) is 59.9 Å². The third kappa shape index (κ3) is 4.41. The minimum absolute atomic E-state index is 0.199. The highest BCUT2D eigenvalue weighted by atomic mass is 16.5. The molecule has 1 heterocycles. The van der Waals surface area contributed by atoms with Crippen LogP contribution in [0.25, 0.3) is 0 Å². The Bertz CT molecular complexity index is 395. The molecule has 108 valence electrons. The topological polar surface area (TPSA) is 31.2 Å². The Hall–Kier alpha value is -1.25. The van der Waals surface area contributed by atoms with Gasteiger partial charge in [0, 0.05) is 12.7 Å². The second-order valence-corrected chi connectivity index (χ2v) is 5.14. The van der Waals surface area contributed by atoms with E-state index in [2.05, 4.69) is 18.4 Å². The van der Waals surface area contributed by atoms with Crippen molar-refractivity contribution >= 4 is 5.97 Å². The largest absolute Gasteiger partial charge is 0.461 e. The molecule has 1 aromatic rings. The quantitative estimate of drug-likeness (QED) is 0.660. The van der Waals surface area contributed by atoms with Crippen molar-refractivity contribution in [3.05, 3.63) is 23.5 Å². The predicted molar refractivity (Wildman–Crippen MR) is 78.4 cm³/mol. The lowest BCUT2D eigenvalue weighted by Gasteiger charge is -2.17. The summed E-state index contributed by atoms with van der Waals surface area (Å²) >= 11 is 0. The summed E-state index contributed by atoms with van der Waals surface area (Å²) in [5.41, 5.74) is 1.72. The lowest BCUT2D eigenvalue weighted by atomic mass is 9.99. The number of hydrogen-bond donors (Lipinski definition) is 0. The minimum Gasteiger partial charge on any atom is -0.461 e. The van der Waals surface area contributed by atoms with Crippen molar-refractivity contribution in [2.24, 2.45) is 5.92 Å². The number of aryl methyl sites for hydroxylation is 1. The van der Waals surface area contributed by atoms with Crippen LogP contribution < -0.4 is 0 Å². The molecular weight excluding hydrogens is 238 g/mol. The fraction of sp³-hybridized carbons (Fsp3) is 0.688. The van der Waals surface area contributed by atoms with Crippen LogP contribution >= 0.6 is 0 Å². The van der Waals surface area contributed by atoms with Crippen molar-refractivity contribution in [3.8, 4) is 0 Å². The summed E-state index contributed by atoms with van der Waals surface area (Å²) in [6.07, 6.45) is 6.88. The van der Waals surface area contributed by atoms with Gasteiger partial charge in [-0.3, -0.25) is 0 Å². The monoisotopic (exact) mass is 265 g/mol. The molecule has 1 unspecified atom stereocenters. The fourth-order valence-electron chi connectivity index (χ4n) is 2.41. The standard InChI is InChI=1S/C16H27NO2/c1-5-8-9-14(6-2)12-17-11-10-13(4)15(17)16(18)19-7-3/h10-11,14H,5-9,12H2,1-4H3. The second-order valence-electron chi connectivity index (χ2n) is 5.14. The normalized spacial score (nSPS) is 12.4. The summed E-state index contributed by atoms with van der Waals surface area (Å²) in [5, 5.41) is 0. The van der Waals surface area contributed by atoms with E-state index in [4.69, 9.17) is 4.74 Å². The van der Waals surface area contributed by atoms with E-state index in [1.807, 2.05) is 26.1 Å². The van der Waals surface area contributed by atoms with E-state index in [1.54, 1.807) is 0 Å². The maximum atomic E-state index is 12.0. The van der Waals surface area contributed by atoms with E-state index in [0.29, 0.717) is 12.5 Å². The average Bonchev–Trinajstić information content (AvgIpc) is 2.75. The highest BCUT2D eigenvalue weighted by molar-refractivity contribution is 5.89. The maximum absolute atomic E-state index is 12.0. The Morgan fingerprint density at radius 1 is 1.37 bits per heavy atom.